The Labute approximate surface area is 82.4 Å². The van der Waals surface area contributed by atoms with E-state index in [4.69, 9.17) is 5.73 Å². The Morgan fingerprint density at radius 1 is 1.36 bits per heavy atom. The van der Waals surface area contributed by atoms with Crippen LogP contribution < -0.4 is 5.73 Å². The van der Waals surface area contributed by atoms with Gasteiger partial charge in [0.1, 0.15) is 0 Å². The number of anilines is 1. The molecule has 0 fully saturated rings. The molecule has 0 aromatic carbocycles. The molecule has 0 amide bonds. The Hall–Kier alpha value is -1.84. The smallest absolute Gasteiger partial charge is 0.0738 e. The molecule has 4 heteroatoms. The van der Waals surface area contributed by atoms with Crippen molar-refractivity contribution in [3.63, 3.8) is 0 Å². The molecule has 0 radical (unpaired) electrons. The van der Waals surface area contributed by atoms with E-state index in [1.165, 1.54) is 0 Å². The molecule has 2 rings (SSSR count). The number of hydrogen-bond acceptors (Lipinski definition) is 3. The molecule has 0 aliphatic rings. The number of nitrogens with two attached hydrogens (primary N) is 1. The van der Waals surface area contributed by atoms with Gasteiger partial charge in [-0.25, -0.2) is 0 Å². The Morgan fingerprint density at radius 3 is 2.71 bits per heavy atom. The van der Waals surface area contributed by atoms with Crippen molar-refractivity contribution < 1.29 is 0 Å². The summed E-state index contributed by atoms with van der Waals surface area (Å²) in [5, 5.41) is 4.09. The van der Waals surface area contributed by atoms with Crippen molar-refractivity contribution in [3.8, 4) is 11.3 Å². The molecule has 72 valence electrons. The third-order valence-electron chi connectivity index (χ3n) is 2.13. The van der Waals surface area contributed by atoms with Gasteiger partial charge < -0.3 is 5.73 Å². The summed E-state index contributed by atoms with van der Waals surface area (Å²) in [4.78, 5) is 4.38. The van der Waals surface area contributed by atoms with Crippen LogP contribution in [0.3, 0.4) is 0 Å². The van der Waals surface area contributed by atoms with Crippen LogP contribution in [0, 0.1) is 6.92 Å². The van der Waals surface area contributed by atoms with Crippen LogP contribution >= 0.6 is 0 Å². The van der Waals surface area contributed by atoms with Crippen molar-refractivity contribution in [1.29, 1.82) is 0 Å². The first-order valence-electron chi connectivity index (χ1n) is 4.39. The fourth-order valence-corrected chi connectivity index (χ4v) is 1.29. The summed E-state index contributed by atoms with van der Waals surface area (Å²) in [6.45, 7) is 1.90. The highest BCUT2D eigenvalue weighted by molar-refractivity contribution is 5.60. The summed E-state index contributed by atoms with van der Waals surface area (Å²) in [7, 11) is 1.88. The lowest BCUT2D eigenvalue weighted by atomic mass is 10.2. The highest BCUT2D eigenvalue weighted by Gasteiger charge is 2.03. The van der Waals surface area contributed by atoms with Gasteiger partial charge in [-0.05, 0) is 19.1 Å². The molecule has 2 heterocycles. The molecule has 0 bridgehead atoms. The van der Waals surface area contributed by atoms with Gasteiger partial charge in [0.05, 0.1) is 23.3 Å². The van der Waals surface area contributed by atoms with Gasteiger partial charge in [-0.2, -0.15) is 5.10 Å². The number of pyridine rings is 1. The Balaban J connectivity index is 2.47. The van der Waals surface area contributed by atoms with Gasteiger partial charge in [0.25, 0.3) is 0 Å². The first kappa shape index (κ1) is 8.74. The maximum atomic E-state index is 5.69. The minimum absolute atomic E-state index is 0.720. The van der Waals surface area contributed by atoms with E-state index in [9.17, 15) is 0 Å². The molecule has 0 saturated heterocycles. The number of rotatable bonds is 1. The van der Waals surface area contributed by atoms with Crippen LogP contribution in [0.15, 0.2) is 24.5 Å². The maximum Gasteiger partial charge on any atom is 0.0738 e. The minimum Gasteiger partial charge on any atom is -0.397 e. The van der Waals surface area contributed by atoms with Crippen LogP contribution in [-0.4, -0.2) is 14.8 Å². The molecular formula is C10H12N4. The highest BCUT2D eigenvalue weighted by Crippen LogP contribution is 2.18. The summed E-state index contributed by atoms with van der Waals surface area (Å²) in [5.41, 5.74) is 9.18. The average molecular weight is 188 g/mol. The summed E-state index contributed by atoms with van der Waals surface area (Å²) in [6, 6.07) is 3.77. The number of aryl methyl sites for hydroxylation is 2. The molecule has 0 spiro atoms. The number of aromatic nitrogens is 3. The van der Waals surface area contributed by atoms with Crippen molar-refractivity contribution in [2.75, 3.05) is 5.73 Å². The molecule has 4 nitrogen and oxygen atoms in total. The Bertz CT molecular complexity index is 459. The SMILES string of the molecule is Cc1nc(-c2cnn(C)c2)ccc1N. The van der Waals surface area contributed by atoms with Crippen LogP contribution in [0.4, 0.5) is 5.69 Å². The predicted octanol–water partition coefficient (Wildman–Crippen LogP) is 1.37. The van der Waals surface area contributed by atoms with E-state index >= 15 is 0 Å². The van der Waals surface area contributed by atoms with Crippen LogP contribution in [-0.2, 0) is 7.05 Å². The molecule has 2 aromatic rings. The zero-order valence-electron chi connectivity index (χ0n) is 8.23. The largest absolute Gasteiger partial charge is 0.397 e. The second-order valence-corrected chi connectivity index (χ2v) is 3.27. The summed E-state index contributed by atoms with van der Waals surface area (Å²) < 4.78 is 1.75. The Morgan fingerprint density at radius 2 is 2.14 bits per heavy atom. The van der Waals surface area contributed by atoms with Gasteiger partial charge in [0.15, 0.2) is 0 Å². The molecule has 0 aliphatic heterocycles. The Kier molecular flexibility index (Phi) is 1.96. The van der Waals surface area contributed by atoms with Gasteiger partial charge in [0, 0.05) is 18.8 Å². The van der Waals surface area contributed by atoms with Crippen LogP contribution in [0.1, 0.15) is 5.69 Å². The van der Waals surface area contributed by atoms with E-state index in [-0.39, 0.29) is 0 Å². The van der Waals surface area contributed by atoms with E-state index in [1.807, 2.05) is 32.3 Å². The van der Waals surface area contributed by atoms with Gasteiger partial charge in [-0.3, -0.25) is 9.67 Å². The standard InChI is InChI=1S/C10H12N4/c1-7-9(11)3-4-10(13-7)8-5-12-14(2)6-8/h3-6H,11H2,1-2H3. The second kappa shape index (κ2) is 3.14. The molecule has 2 aromatic heterocycles. The lowest BCUT2D eigenvalue weighted by Crippen LogP contribution is -1.93. The summed E-state index contributed by atoms with van der Waals surface area (Å²) in [6.07, 6.45) is 3.72. The van der Waals surface area contributed by atoms with Crippen LogP contribution in [0.25, 0.3) is 11.3 Å². The van der Waals surface area contributed by atoms with Gasteiger partial charge in [-0.1, -0.05) is 0 Å². The third-order valence-corrected chi connectivity index (χ3v) is 2.13. The molecule has 2 N–H and O–H groups in total. The third kappa shape index (κ3) is 1.46. The van der Waals surface area contributed by atoms with E-state index in [0.29, 0.717) is 0 Å². The topological polar surface area (TPSA) is 56.7 Å². The maximum absolute atomic E-state index is 5.69. The molecule has 0 atom stereocenters. The van der Waals surface area contributed by atoms with E-state index < -0.39 is 0 Å². The van der Waals surface area contributed by atoms with Gasteiger partial charge in [0.2, 0.25) is 0 Å². The van der Waals surface area contributed by atoms with Crippen molar-refractivity contribution >= 4 is 5.69 Å². The van der Waals surface area contributed by atoms with E-state index in [0.717, 1.165) is 22.6 Å². The first-order valence-corrected chi connectivity index (χ1v) is 4.39. The van der Waals surface area contributed by atoms with Gasteiger partial charge in [-0.15, -0.1) is 0 Å². The lowest BCUT2D eigenvalue weighted by molar-refractivity contribution is 0.768. The molecule has 0 saturated carbocycles. The first-order chi connectivity index (χ1) is 6.66. The molecule has 0 aliphatic carbocycles. The predicted molar refractivity (Wildman–Crippen MR) is 55.6 cm³/mol. The molecule has 14 heavy (non-hydrogen) atoms. The average Bonchev–Trinajstić information content (AvgIpc) is 2.57. The van der Waals surface area contributed by atoms with Crippen LogP contribution in [0.5, 0.6) is 0 Å². The highest BCUT2D eigenvalue weighted by atomic mass is 15.2. The van der Waals surface area contributed by atoms with Crippen molar-refractivity contribution in [2.24, 2.45) is 7.05 Å². The van der Waals surface area contributed by atoms with E-state index in [1.54, 1.807) is 10.9 Å². The zero-order valence-corrected chi connectivity index (χ0v) is 8.23. The number of nitrogen functional groups attached to an aromatic ring is 1. The minimum atomic E-state index is 0.720. The van der Waals surface area contributed by atoms with Crippen LogP contribution in [0.2, 0.25) is 0 Å². The van der Waals surface area contributed by atoms with Crippen molar-refractivity contribution in [3.05, 3.63) is 30.2 Å². The zero-order chi connectivity index (χ0) is 10.1. The fourth-order valence-electron chi connectivity index (χ4n) is 1.29. The molecule has 0 unspecified atom stereocenters. The van der Waals surface area contributed by atoms with Crippen molar-refractivity contribution in [2.45, 2.75) is 6.92 Å². The number of hydrogen-bond donors (Lipinski definition) is 1. The van der Waals surface area contributed by atoms with Gasteiger partial charge >= 0.3 is 0 Å². The van der Waals surface area contributed by atoms with E-state index in [2.05, 4.69) is 10.1 Å². The normalized spacial score (nSPS) is 10.4. The molecular weight excluding hydrogens is 176 g/mol. The quantitative estimate of drug-likeness (QED) is 0.735. The number of nitrogens with zero attached hydrogens (tertiary/aromatic N) is 3. The van der Waals surface area contributed by atoms with Crippen molar-refractivity contribution in [1.82, 2.24) is 14.8 Å². The fraction of sp³-hybridized carbons (Fsp3) is 0.200. The lowest BCUT2D eigenvalue weighted by Gasteiger charge is -2.01. The summed E-state index contributed by atoms with van der Waals surface area (Å²) >= 11 is 0. The summed E-state index contributed by atoms with van der Waals surface area (Å²) in [5.74, 6) is 0. The monoisotopic (exact) mass is 188 g/mol. The second-order valence-electron chi connectivity index (χ2n) is 3.27.